The number of piperidine rings is 1. The Morgan fingerprint density at radius 1 is 1.15 bits per heavy atom. The molecule has 4 rings (SSSR count). The summed E-state index contributed by atoms with van der Waals surface area (Å²) in [6.45, 7) is 3.81. The third-order valence-corrected chi connectivity index (χ3v) is 5.34. The van der Waals surface area contributed by atoms with Crippen molar-refractivity contribution in [2.45, 2.75) is 32.3 Å². The van der Waals surface area contributed by atoms with Crippen LogP contribution in [0.2, 0.25) is 0 Å². The number of likely N-dealkylation sites (tertiary alicyclic amines) is 1. The first-order valence-electron chi connectivity index (χ1n) is 9.30. The fourth-order valence-corrected chi connectivity index (χ4v) is 3.94. The molecule has 2 heterocycles. The van der Waals surface area contributed by atoms with Crippen molar-refractivity contribution < 1.29 is 14.3 Å². The second kappa shape index (κ2) is 6.94. The molecule has 0 spiro atoms. The van der Waals surface area contributed by atoms with Gasteiger partial charge in [-0.3, -0.25) is 4.79 Å². The molecule has 0 bridgehead atoms. The zero-order valence-corrected chi connectivity index (χ0v) is 15.0. The molecule has 1 fully saturated rings. The SMILES string of the molecule is C[C@@H]1CCCN(C(=O)c2ccc3c(c2)C[C@@H](c2ccccc2)OC3=O)C1. The van der Waals surface area contributed by atoms with Crippen molar-refractivity contribution in [1.82, 2.24) is 4.90 Å². The van der Waals surface area contributed by atoms with Crippen LogP contribution in [0.1, 0.15) is 57.7 Å². The fourth-order valence-electron chi connectivity index (χ4n) is 3.94. The molecule has 1 saturated heterocycles. The van der Waals surface area contributed by atoms with Gasteiger partial charge in [0.25, 0.3) is 5.91 Å². The summed E-state index contributed by atoms with van der Waals surface area (Å²) in [4.78, 5) is 27.2. The van der Waals surface area contributed by atoms with Crippen molar-refractivity contribution in [3.63, 3.8) is 0 Å². The van der Waals surface area contributed by atoms with Gasteiger partial charge < -0.3 is 9.64 Å². The Hall–Kier alpha value is -2.62. The first kappa shape index (κ1) is 16.8. The minimum atomic E-state index is -0.314. The average molecular weight is 349 g/mol. The number of rotatable bonds is 2. The van der Waals surface area contributed by atoms with Gasteiger partial charge in [-0.25, -0.2) is 4.79 Å². The lowest BCUT2D eigenvalue weighted by atomic mass is 9.92. The molecule has 1 amide bonds. The molecule has 0 unspecified atom stereocenters. The van der Waals surface area contributed by atoms with E-state index in [4.69, 9.17) is 4.74 Å². The number of benzene rings is 2. The third-order valence-electron chi connectivity index (χ3n) is 5.34. The monoisotopic (exact) mass is 349 g/mol. The van der Waals surface area contributed by atoms with Crippen LogP contribution in [0, 0.1) is 5.92 Å². The number of carbonyl (C=O) groups is 2. The van der Waals surface area contributed by atoms with Crippen LogP contribution in [-0.4, -0.2) is 29.9 Å². The second-order valence-corrected chi connectivity index (χ2v) is 7.38. The van der Waals surface area contributed by atoms with E-state index in [0.29, 0.717) is 23.5 Å². The standard InChI is InChI=1S/C22H23NO3/c1-15-6-5-11-23(14-15)21(24)17-9-10-19-18(12-17)13-20(26-22(19)25)16-7-3-2-4-8-16/h2-4,7-10,12,15,20H,5-6,11,13-14H2,1H3/t15-,20+/m1/s1. The molecule has 2 aliphatic heterocycles. The molecular weight excluding hydrogens is 326 g/mol. The van der Waals surface area contributed by atoms with E-state index in [2.05, 4.69) is 6.92 Å². The number of nitrogens with zero attached hydrogens (tertiary/aromatic N) is 1. The van der Waals surface area contributed by atoms with Gasteiger partial charge in [-0.1, -0.05) is 37.3 Å². The molecule has 0 radical (unpaired) electrons. The highest BCUT2D eigenvalue weighted by molar-refractivity contribution is 5.97. The van der Waals surface area contributed by atoms with Crippen molar-refractivity contribution in [2.24, 2.45) is 5.92 Å². The summed E-state index contributed by atoms with van der Waals surface area (Å²) < 4.78 is 5.60. The zero-order chi connectivity index (χ0) is 18.1. The van der Waals surface area contributed by atoms with E-state index in [-0.39, 0.29) is 18.0 Å². The van der Waals surface area contributed by atoms with Gasteiger partial charge in [-0.15, -0.1) is 0 Å². The molecule has 134 valence electrons. The van der Waals surface area contributed by atoms with Crippen LogP contribution in [0.15, 0.2) is 48.5 Å². The first-order valence-corrected chi connectivity index (χ1v) is 9.30. The topological polar surface area (TPSA) is 46.6 Å². The number of amides is 1. The fraction of sp³-hybridized carbons (Fsp3) is 0.364. The summed E-state index contributed by atoms with van der Waals surface area (Å²) in [5.41, 5.74) is 3.11. The smallest absolute Gasteiger partial charge is 0.339 e. The van der Waals surface area contributed by atoms with Gasteiger partial charge in [-0.05, 0) is 48.1 Å². The van der Waals surface area contributed by atoms with E-state index in [1.54, 1.807) is 12.1 Å². The highest BCUT2D eigenvalue weighted by Gasteiger charge is 2.29. The highest BCUT2D eigenvalue weighted by Crippen LogP contribution is 2.31. The van der Waals surface area contributed by atoms with Crippen molar-refractivity contribution in [2.75, 3.05) is 13.1 Å². The van der Waals surface area contributed by atoms with Gasteiger partial charge in [0.05, 0.1) is 5.56 Å². The summed E-state index contributed by atoms with van der Waals surface area (Å²) in [5, 5.41) is 0. The van der Waals surface area contributed by atoms with E-state index in [1.165, 1.54) is 6.42 Å². The summed E-state index contributed by atoms with van der Waals surface area (Å²) in [7, 11) is 0. The highest BCUT2D eigenvalue weighted by atomic mass is 16.5. The van der Waals surface area contributed by atoms with E-state index < -0.39 is 0 Å². The summed E-state index contributed by atoms with van der Waals surface area (Å²) in [6.07, 6.45) is 2.54. The maximum atomic E-state index is 12.9. The van der Waals surface area contributed by atoms with Crippen LogP contribution < -0.4 is 0 Å². The largest absolute Gasteiger partial charge is 0.454 e. The van der Waals surface area contributed by atoms with Gasteiger partial charge in [0.15, 0.2) is 0 Å². The predicted molar refractivity (Wildman–Crippen MR) is 99.0 cm³/mol. The van der Waals surface area contributed by atoms with Crippen LogP contribution in [0.5, 0.6) is 0 Å². The molecule has 4 heteroatoms. The molecule has 26 heavy (non-hydrogen) atoms. The molecule has 2 atom stereocenters. The lowest BCUT2D eigenvalue weighted by Crippen LogP contribution is -2.39. The molecule has 0 aliphatic carbocycles. The Kier molecular flexibility index (Phi) is 4.49. The first-order chi connectivity index (χ1) is 12.6. The van der Waals surface area contributed by atoms with Gasteiger partial charge in [0.2, 0.25) is 0 Å². The molecular formula is C22H23NO3. The quantitative estimate of drug-likeness (QED) is 0.770. The van der Waals surface area contributed by atoms with E-state index in [0.717, 1.165) is 30.6 Å². The van der Waals surface area contributed by atoms with Gasteiger partial charge in [0.1, 0.15) is 6.10 Å². The number of hydrogen-bond acceptors (Lipinski definition) is 3. The number of fused-ring (bicyclic) bond motifs is 1. The molecule has 0 saturated carbocycles. The summed E-state index contributed by atoms with van der Waals surface area (Å²) >= 11 is 0. The Labute approximate surface area is 153 Å². The molecule has 4 nitrogen and oxygen atoms in total. The lowest BCUT2D eigenvalue weighted by Gasteiger charge is -2.31. The molecule has 0 aromatic heterocycles. The van der Waals surface area contributed by atoms with Crippen molar-refractivity contribution >= 4 is 11.9 Å². The van der Waals surface area contributed by atoms with Crippen molar-refractivity contribution in [3.05, 3.63) is 70.8 Å². The number of hydrogen-bond donors (Lipinski definition) is 0. The Morgan fingerprint density at radius 2 is 1.96 bits per heavy atom. The van der Waals surface area contributed by atoms with Crippen LogP contribution in [0.3, 0.4) is 0 Å². The number of cyclic esters (lactones) is 1. The van der Waals surface area contributed by atoms with Crippen LogP contribution in [0.25, 0.3) is 0 Å². The van der Waals surface area contributed by atoms with Gasteiger partial charge in [0, 0.05) is 25.1 Å². The molecule has 2 aliphatic rings. The second-order valence-electron chi connectivity index (χ2n) is 7.38. The average Bonchev–Trinajstić information content (AvgIpc) is 2.67. The summed E-state index contributed by atoms with van der Waals surface area (Å²) in [6, 6.07) is 15.1. The zero-order valence-electron chi connectivity index (χ0n) is 15.0. The Morgan fingerprint density at radius 3 is 2.73 bits per heavy atom. The maximum absolute atomic E-state index is 12.9. The Balaban J connectivity index is 1.60. The minimum absolute atomic E-state index is 0.0644. The normalized spacial score (nSPS) is 22.5. The van der Waals surface area contributed by atoms with Crippen LogP contribution >= 0.6 is 0 Å². The third kappa shape index (κ3) is 3.24. The predicted octanol–water partition coefficient (Wildman–Crippen LogP) is 4.01. The van der Waals surface area contributed by atoms with Crippen LogP contribution in [0.4, 0.5) is 0 Å². The van der Waals surface area contributed by atoms with Gasteiger partial charge in [-0.2, -0.15) is 0 Å². The van der Waals surface area contributed by atoms with Crippen molar-refractivity contribution in [3.8, 4) is 0 Å². The molecule has 2 aromatic rings. The summed E-state index contributed by atoms with van der Waals surface area (Å²) in [5.74, 6) is 0.294. The van der Waals surface area contributed by atoms with E-state index in [1.807, 2.05) is 41.3 Å². The van der Waals surface area contributed by atoms with Crippen LogP contribution in [-0.2, 0) is 11.2 Å². The van der Waals surface area contributed by atoms with E-state index in [9.17, 15) is 9.59 Å². The molecule has 2 aromatic carbocycles. The number of ether oxygens (including phenoxy) is 1. The Bertz CT molecular complexity index is 831. The van der Waals surface area contributed by atoms with Gasteiger partial charge >= 0.3 is 5.97 Å². The molecule has 0 N–H and O–H groups in total. The number of carbonyl (C=O) groups excluding carboxylic acids is 2. The lowest BCUT2D eigenvalue weighted by molar-refractivity contribution is 0.0252. The number of esters is 1. The minimum Gasteiger partial charge on any atom is -0.454 e. The maximum Gasteiger partial charge on any atom is 0.339 e. The van der Waals surface area contributed by atoms with Crippen molar-refractivity contribution in [1.29, 1.82) is 0 Å². The van der Waals surface area contributed by atoms with E-state index >= 15 is 0 Å².